The van der Waals surface area contributed by atoms with Gasteiger partial charge in [-0.25, -0.2) is 4.39 Å². The van der Waals surface area contributed by atoms with Gasteiger partial charge >= 0.3 is 0 Å². The Morgan fingerprint density at radius 2 is 1.90 bits per heavy atom. The minimum Gasteiger partial charge on any atom is -0.493 e. The number of halogens is 2. The molecule has 0 saturated heterocycles. The van der Waals surface area contributed by atoms with Gasteiger partial charge in [0.05, 0.1) is 18.7 Å². The molecule has 30 heavy (non-hydrogen) atoms. The summed E-state index contributed by atoms with van der Waals surface area (Å²) < 4.78 is 24.0. The summed E-state index contributed by atoms with van der Waals surface area (Å²) in [6, 6.07) is 10.9. The van der Waals surface area contributed by atoms with Gasteiger partial charge < -0.3 is 14.8 Å². The van der Waals surface area contributed by atoms with Crippen LogP contribution in [-0.4, -0.2) is 29.8 Å². The van der Waals surface area contributed by atoms with Crippen molar-refractivity contribution in [1.29, 1.82) is 0 Å². The number of rotatable bonds is 8. The summed E-state index contributed by atoms with van der Waals surface area (Å²) in [7, 11) is 1.58. The van der Waals surface area contributed by atoms with Crippen LogP contribution in [0.4, 0.5) is 10.1 Å². The van der Waals surface area contributed by atoms with Crippen LogP contribution in [-0.2, 0) is 0 Å². The van der Waals surface area contributed by atoms with Gasteiger partial charge in [0, 0.05) is 5.69 Å². The summed E-state index contributed by atoms with van der Waals surface area (Å²) in [5.41, 5.74) is 1.25. The van der Waals surface area contributed by atoms with E-state index in [1.165, 1.54) is 24.3 Å². The molecule has 1 heterocycles. The molecule has 0 aliphatic heterocycles. The molecule has 6 nitrogen and oxygen atoms in total. The Morgan fingerprint density at radius 1 is 1.17 bits per heavy atom. The Morgan fingerprint density at radius 3 is 2.60 bits per heavy atom. The predicted octanol–water partition coefficient (Wildman–Crippen LogP) is 5.46. The lowest BCUT2D eigenvalue weighted by molar-refractivity contribution is 0.102. The van der Waals surface area contributed by atoms with E-state index in [9.17, 15) is 9.18 Å². The van der Waals surface area contributed by atoms with Crippen molar-refractivity contribution in [2.24, 2.45) is 0 Å². The van der Waals surface area contributed by atoms with E-state index in [2.05, 4.69) is 15.5 Å². The first kappa shape index (κ1) is 21.7. The molecule has 9 heteroatoms. The highest BCUT2D eigenvalue weighted by atomic mass is 35.5. The fourth-order valence-corrected chi connectivity index (χ4v) is 3.37. The van der Waals surface area contributed by atoms with E-state index in [-0.39, 0.29) is 10.8 Å². The molecule has 0 aliphatic carbocycles. The molecule has 3 aromatic rings. The second kappa shape index (κ2) is 10.2. The monoisotopic (exact) mass is 447 g/mol. The third-order valence-corrected chi connectivity index (χ3v) is 5.22. The molecule has 0 saturated carbocycles. The fourth-order valence-electron chi connectivity index (χ4n) is 2.45. The first-order chi connectivity index (χ1) is 14.5. The molecule has 0 atom stereocenters. The first-order valence-corrected chi connectivity index (χ1v) is 10.3. The van der Waals surface area contributed by atoms with E-state index < -0.39 is 5.91 Å². The van der Waals surface area contributed by atoms with Crippen LogP contribution in [0.1, 0.15) is 33.7 Å². The number of nitrogens with one attached hydrogen (secondary N) is 1. The van der Waals surface area contributed by atoms with Crippen LogP contribution in [0.25, 0.3) is 11.1 Å². The zero-order valence-corrected chi connectivity index (χ0v) is 17.9. The zero-order valence-electron chi connectivity index (χ0n) is 16.3. The Bertz CT molecular complexity index is 1050. The van der Waals surface area contributed by atoms with Gasteiger partial charge in [-0.1, -0.05) is 35.9 Å². The van der Waals surface area contributed by atoms with Gasteiger partial charge in [-0.15, -0.1) is 10.2 Å². The molecular formula is C21H19ClFN3O3S. The summed E-state index contributed by atoms with van der Waals surface area (Å²) in [5, 5.41) is 11.4. The van der Waals surface area contributed by atoms with Crippen molar-refractivity contribution in [3.8, 4) is 11.5 Å². The maximum absolute atomic E-state index is 13.0. The highest BCUT2D eigenvalue weighted by Crippen LogP contribution is 2.31. The topological polar surface area (TPSA) is 73.3 Å². The van der Waals surface area contributed by atoms with Crippen molar-refractivity contribution >= 4 is 45.6 Å². The number of aromatic nitrogens is 2. The van der Waals surface area contributed by atoms with Gasteiger partial charge in [0.25, 0.3) is 5.91 Å². The Kier molecular flexibility index (Phi) is 7.37. The van der Waals surface area contributed by atoms with Crippen molar-refractivity contribution in [2.75, 3.05) is 19.0 Å². The second-order valence-corrected chi connectivity index (χ2v) is 7.51. The van der Waals surface area contributed by atoms with Crippen molar-refractivity contribution in [1.82, 2.24) is 10.2 Å². The van der Waals surface area contributed by atoms with Crippen molar-refractivity contribution in [3.63, 3.8) is 0 Å². The van der Waals surface area contributed by atoms with E-state index in [0.29, 0.717) is 33.8 Å². The van der Waals surface area contributed by atoms with E-state index in [0.717, 1.165) is 23.3 Å². The molecule has 1 amide bonds. The van der Waals surface area contributed by atoms with Crippen molar-refractivity contribution in [3.05, 3.63) is 63.9 Å². The number of carbonyl (C=O) groups is 1. The van der Waals surface area contributed by atoms with E-state index in [1.807, 2.05) is 19.1 Å². The lowest BCUT2D eigenvalue weighted by Crippen LogP contribution is -2.11. The average Bonchev–Trinajstić information content (AvgIpc) is 3.25. The quantitative estimate of drug-likeness (QED) is 0.496. The number of amides is 1. The van der Waals surface area contributed by atoms with Gasteiger partial charge in [-0.2, -0.15) is 0 Å². The zero-order chi connectivity index (χ0) is 21.5. The number of hydrogen-bond donors (Lipinski definition) is 1. The van der Waals surface area contributed by atoms with Gasteiger partial charge in [-0.05, 0) is 54.5 Å². The number of benzene rings is 2. The molecule has 0 bridgehead atoms. The number of nitrogens with zero attached hydrogens (tertiary/aromatic N) is 2. The molecule has 0 radical (unpaired) electrons. The summed E-state index contributed by atoms with van der Waals surface area (Å²) in [5.74, 6) is 0.418. The highest BCUT2D eigenvalue weighted by Gasteiger charge is 2.15. The molecule has 1 N–H and O–H groups in total. The second-order valence-electron chi connectivity index (χ2n) is 6.12. The third kappa shape index (κ3) is 5.55. The normalized spacial score (nSPS) is 11.3. The van der Waals surface area contributed by atoms with Crippen molar-refractivity contribution in [2.45, 2.75) is 13.3 Å². The Labute approximate surface area is 182 Å². The van der Waals surface area contributed by atoms with Gasteiger partial charge in [-0.3, -0.25) is 4.79 Å². The summed E-state index contributed by atoms with van der Waals surface area (Å²) in [6.45, 7) is 2.59. The first-order valence-electron chi connectivity index (χ1n) is 9.09. The smallest absolute Gasteiger partial charge is 0.286 e. The lowest BCUT2D eigenvalue weighted by atomic mass is 10.2. The van der Waals surface area contributed by atoms with Crippen LogP contribution in [0.5, 0.6) is 11.5 Å². The van der Waals surface area contributed by atoms with E-state index in [4.69, 9.17) is 21.1 Å². The number of anilines is 1. The largest absolute Gasteiger partial charge is 0.493 e. The van der Waals surface area contributed by atoms with Crippen LogP contribution in [0.3, 0.4) is 0 Å². The van der Waals surface area contributed by atoms with E-state index in [1.54, 1.807) is 19.3 Å². The highest BCUT2D eigenvalue weighted by molar-refractivity contribution is 7.15. The standard InChI is InChI=1S/C21H19ClFN3O3S/c1-3-10-29-18-12-13(4-9-17(18)28-2)11-16(22)20-25-26-21(30-20)19(27)24-15-7-5-14(23)6-8-15/h4-9,11-12H,3,10H2,1-2H3,(H,24,27)/b16-11-. The van der Waals surface area contributed by atoms with Crippen LogP contribution >= 0.6 is 22.9 Å². The Hall–Kier alpha value is -2.97. The minimum atomic E-state index is -0.450. The number of hydrogen-bond acceptors (Lipinski definition) is 6. The summed E-state index contributed by atoms with van der Waals surface area (Å²) in [6.07, 6.45) is 2.58. The molecule has 0 aliphatic rings. The van der Waals surface area contributed by atoms with Crippen LogP contribution in [0, 0.1) is 5.82 Å². The molecule has 3 rings (SSSR count). The fraction of sp³-hybridized carbons (Fsp3) is 0.190. The predicted molar refractivity (Wildman–Crippen MR) is 117 cm³/mol. The van der Waals surface area contributed by atoms with Crippen LogP contribution in [0.15, 0.2) is 42.5 Å². The Balaban J connectivity index is 1.75. The molecule has 0 spiro atoms. The van der Waals surface area contributed by atoms with Gasteiger partial charge in [0.1, 0.15) is 5.82 Å². The molecule has 1 aromatic heterocycles. The molecule has 0 unspecified atom stereocenters. The molecule has 2 aromatic carbocycles. The molecule has 0 fully saturated rings. The van der Waals surface area contributed by atoms with Gasteiger partial charge in [0.2, 0.25) is 5.01 Å². The minimum absolute atomic E-state index is 0.141. The number of carbonyl (C=O) groups excluding carboxylic acids is 1. The SMILES string of the molecule is CCCOc1cc(/C=C(\Cl)c2nnc(C(=O)Nc3ccc(F)cc3)s2)ccc1OC. The van der Waals surface area contributed by atoms with Crippen LogP contribution in [0.2, 0.25) is 0 Å². The lowest BCUT2D eigenvalue weighted by Gasteiger charge is -2.10. The van der Waals surface area contributed by atoms with Crippen molar-refractivity contribution < 1.29 is 18.7 Å². The third-order valence-electron chi connectivity index (χ3n) is 3.87. The average molecular weight is 448 g/mol. The van der Waals surface area contributed by atoms with Gasteiger partial charge in [0.15, 0.2) is 16.5 Å². The van der Waals surface area contributed by atoms with Crippen LogP contribution < -0.4 is 14.8 Å². The van der Waals surface area contributed by atoms with E-state index >= 15 is 0 Å². The molecule has 156 valence electrons. The maximum Gasteiger partial charge on any atom is 0.286 e. The number of ether oxygens (including phenoxy) is 2. The summed E-state index contributed by atoms with van der Waals surface area (Å²) >= 11 is 7.44. The maximum atomic E-state index is 13.0. The number of methoxy groups -OCH3 is 1. The molecular weight excluding hydrogens is 429 g/mol. The summed E-state index contributed by atoms with van der Waals surface area (Å²) in [4.78, 5) is 12.3.